The van der Waals surface area contributed by atoms with Gasteiger partial charge in [0.2, 0.25) is 0 Å². The van der Waals surface area contributed by atoms with E-state index < -0.39 is 11.8 Å². The Morgan fingerprint density at radius 2 is 1.79 bits per heavy atom. The van der Waals surface area contributed by atoms with Crippen molar-refractivity contribution >= 4 is 17.5 Å². The predicted octanol–water partition coefficient (Wildman–Crippen LogP) is 3.05. The molecule has 0 aliphatic heterocycles. The second-order valence-electron chi connectivity index (χ2n) is 6.83. The normalized spacial score (nSPS) is 11.9. The first-order valence-electron chi connectivity index (χ1n) is 9.08. The van der Waals surface area contributed by atoms with Gasteiger partial charge in [-0.05, 0) is 57.0 Å². The summed E-state index contributed by atoms with van der Waals surface area (Å²) in [6.45, 7) is 7.78. The zero-order valence-corrected chi connectivity index (χ0v) is 16.4. The van der Waals surface area contributed by atoms with Crippen LogP contribution in [0.15, 0.2) is 47.1 Å². The minimum Gasteiger partial charge on any atom is -0.467 e. The first kappa shape index (κ1) is 19.4. The Balaban J connectivity index is 1.72. The number of aromatic nitrogens is 2. The van der Waals surface area contributed by atoms with Gasteiger partial charge in [0.1, 0.15) is 11.8 Å². The number of amides is 2. The monoisotopic (exact) mass is 380 g/mol. The van der Waals surface area contributed by atoms with Crippen LogP contribution in [0.1, 0.15) is 34.3 Å². The molecule has 7 nitrogen and oxygen atoms in total. The lowest BCUT2D eigenvalue weighted by Gasteiger charge is -2.18. The minimum absolute atomic E-state index is 0.175. The van der Waals surface area contributed by atoms with E-state index in [9.17, 15) is 9.59 Å². The molecule has 0 saturated heterocycles. The average Bonchev–Trinajstić information content (AvgIpc) is 3.28. The molecular weight excluding hydrogens is 356 g/mol. The highest BCUT2D eigenvalue weighted by atomic mass is 16.3. The smallest absolute Gasteiger partial charge is 0.313 e. The second-order valence-corrected chi connectivity index (χ2v) is 6.83. The molecule has 146 valence electrons. The molecule has 0 aliphatic rings. The molecule has 7 heteroatoms. The van der Waals surface area contributed by atoms with E-state index in [1.54, 1.807) is 17.0 Å². The number of benzene rings is 1. The Hall–Kier alpha value is -3.35. The third kappa shape index (κ3) is 4.14. The molecule has 0 aliphatic carbocycles. The first-order chi connectivity index (χ1) is 13.4. The number of hydrogen-bond donors (Lipinski definition) is 2. The summed E-state index contributed by atoms with van der Waals surface area (Å²) in [5, 5.41) is 9.87. The maximum atomic E-state index is 12.4. The van der Waals surface area contributed by atoms with E-state index in [1.165, 1.54) is 0 Å². The Morgan fingerprint density at radius 3 is 2.36 bits per heavy atom. The molecule has 0 spiro atoms. The Kier molecular flexibility index (Phi) is 5.63. The highest BCUT2D eigenvalue weighted by molar-refractivity contribution is 6.39. The van der Waals surface area contributed by atoms with Gasteiger partial charge in [-0.25, -0.2) is 0 Å². The number of nitrogens with one attached hydrogen (secondary N) is 2. The standard InChI is InChI=1S/C21H24N4O3/c1-13-7-5-8-14(2)19(13)23-21(27)20(26)22-12-17(18-9-6-10-28-18)25-16(4)11-15(3)24-25/h5-11,17H,12H2,1-4H3,(H,22,26)(H,23,27). The van der Waals surface area contributed by atoms with E-state index in [4.69, 9.17) is 4.42 Å². The molecule has 0 bridgehead atoms. The predicted molar refractivity (Wildman–Crippen MR) is 106 cm³/mol. The summed E-state index contributed by atoms with van der Waals surface area (Å²) in [4.78, 5) is 24.7. The lowest BCUT2D eigenvalue weighted by molar-refractivity contribution is -0.136. The average molecular weight is 380 g/mol. The summed E-state index contributed by atoms with van der Waals surface area (Å²) < 4.78 is 7.31. The van der Waals surface area contributed by atoms with Gasteiger partial charge in [-0.3, -0.25) is 14.3 Å². The van der Waals surface area contributed by atoms with Crippen LogP contribution in [0, 0.1) is 27.7 Å². The minimum atomic E-state index is -0.708. The van der Waals surface area contributed by atoms with E-state index in [0.717, 1.165) is 22.5 Å². The number of anilines is 1. The fraction of sp³-hybridized carbons (Fsp3) is 0.286. The van der Waals surface area contributed by atoms with Gasteiger partial charge in [-0.15, -0.1) is 0 Å². The van der Waals surface area contributed by atoms with Crippen molar-refractivity contribution in [2.24, 2.45) is 0 Å². The third-order valence-electron chi connectivity index (χ3n) is 4.59. The van der Waals surface area contributed by atoms with Gasteiger partial charge in [0.25, 0.3) is 0 Å². The van der Waals surface area contributed by atoms with Crippen LogP contribution in [0.2, 0.25) is 0 Å². The summed E-state index contributed by atoms with van der Waals surface area (Å²) in [5.74, 6) is -0.758. The molecular formula is C21H24N4O3. The number of carbonyl (C=O) groups is 2. The molecule has 3 rings (SSSR count). The highest BCUT2D eigenvalue weighted by Gasteiger charge is 2.23. The van der Waals surface area contributed by atoms with Crippen molar-refractivity contribution in [1.82, 2.24) is 15.1 Å². The molecule has 28 heavy (non-hydrogen) atoms. The molecule has 3 aromatic rings. The van der Waals surface area contributed by atoms with Crippen molar-refractivity contribution in [2.45, 2.75) is 33.7 Å². The van der Waals surface area contributed by atoms with Crippen LogP contribution >= 0.6 is 0 Å². The van der Waals surface area contributed by atoms with Gasteiger partial charge in [-0.2, -0.15) is 5.10 Å². The van der Waals surface area contributed by atoms with Crippen LogP contribution in [0.25, 0.3) is 0 Å². The summed E-state index contributed by atoms with van der Waals surface area (Å²) in [5.41, 5.74) is 4.26. The number of aryl methyl sites for hydroxylation is 4. The molecule has 0 saturated carbocycles. The summed E-state index contributed by atoms with van der Waals surface area (Å²) in [6.07, 6.45) is 1.57. The Bertz CT molecular complexity index is 969. The molecule has 0 radical (unpaired) electrons. The molecule has 1 aromatic carbocycles. The maximum Gasteiger partial charge on any atom is 0.313 e. The number of para-hydroxylation sites is 1. The van der Waals surface area contributed by atoms with Crippen molar-refractivity contribution in [3.8, 4) is 0 Å². The zero-order chi connectivity index (χ0) is 20.3. The number of nitrogens with zero attached hydrogens (tertiary/aromatic N) is 2. The second kappa shape index (κ2) is 8.12. The summed E-state index contributed by atoms with van der Waals surface area (Å²) >= 11 is 0. The van der Waals surface area contributed by atoms with E-state index in [0.29, 0.717) is 11.4 Å². The lowest BCUT2D eigenvalue weighted by atomic mass is 10.1. The van der Waals surface area contributed by atoms with Gasteiger partial charge in [0.05, 0.1) is 12.0 Å². The zero-order valence-electron chi connectivity index (χ0n) is 16.4. The third-order valence-corrected chi connectivity index (χ3v) is 4.59. The topological polar surface area (TPSA) is 89.2 Å². The SMILES string of the molecule is Cc1cc(C)n(C(CNC(=O)C(=O)Nc2c(C)cccc2C)c2ccco2)n1. The lowest BCUT2D eigenvalue weighted by Crippen LogP contribution is -2.39. The van der Waals surface area contributed by atoms with Crippen molar-refractivity contribution in [2.75, 3.05) is 11.9 Å². The van der Waals surface area contributed by atoms with Crippen LogP contribution < -0.4 is 10.6 Å². The number of rotatable bonds is 5. The quantitative estimate of drug-likeness (QED) is 0.666. The van der Waals surface area contributed by atoms with Crippen molar-refractivity contribution in [1.29, 1.82) is 0 Å². The molecule has 1 atom stereocenters. The van der Waals surface area contributed by atoms with E-state index in [2.05, 4.69) is 15.7 Å². The van der Waals surface area contributed by atoms with Gasteiger partial charge in [0.15, 0.2) is 0 Å². The maximum absolute atomic E-state index is 12.4. The van der Waals surface area contributed by atoms with Crippen molar-refractivity contribution in [3.05, 3.63) is 70.9 Å². The van der Waals surface area contributed by atoms with Gasteiger partial charge in [-0.1, -0.05) is 18.2 Å². The van der Waals surface area contributed by atoms with Gasteiger partial charge in [0, 0.05) is 17.9 Å². The van der Waals surface area contributed by atoms with Crippen LogP contribution in [0.5, 0.6) is 0 Å². The van der Waals surface area contributed by atoms with Gasteiger partial charge < -0.3 is 15.1 Å². The highest BCUT2D eigenvalue weighted by Crippen LogP contribution is 2.21. The fourth-order valence-electron chi connectivity index (χ4n) is 3.20. The molecule has 2 aromatic heterocycles. The summed E-state index contributed by atoms with van der Waals surface area (Å²) in [6, 6.07) is 10.9. The largest absolute Gasteiger partial charge is 0.467 e. The Labute approximate surface area is 163 Å². The van der Waals surface area contributed by atoms with E-state index >= 15 is 0 Å². The van der Waals surface area contributed by atoms with E-state index in [1.807, 2.05) is 58.0 Å². The van der Waals surface area contributed by atoms with Crippen molar-refractivity contribution < 1.29 is 14.0 Å². The van der Waals surface area contributed by atoms with Crippen molar-refractivity contribution in [3.63, 3.8) is 0 Å². The van der Waals surface area contributed by atoms with Gasteiger partial charge >= 0.3 is 11.8 Å². The molecule has 2 heterocycles. The molecule has 1 unspecified atom stereocenters. The van der Waals surface area contributed by atoms with Crippen LogP contribution in [0.3, 0.4) is 0 Å². The number of furan rings is 1. The van der Waals surface area contributed by atoms with Crippen LogP contribution in [0.4, 0.5) is 5.69 Å². The molecule has 2 amide bonds. The van der Waals surface area contributed by atoms with Crippen LogP contribution in [-0.4, -0.2) is 28.1 Å². The first-order valence-corrected chi connectivity index (χ1v) is 9.08. The summed E-state index contributed by atoms with van der Waals surface area (Å²) in [7, 11) is 0. The Morgan fingerprint density at radius 1 is 1.07 bits per heavy atom. The van der Waals surface area contributed by atoms with E-state index in [-0.39, 0.29) is 12.6 Å². The molecule has 0 fully saturated rings. The van der Waals surface area contributed by atoms with Crippen LogP contribution in [-0.2, 0) is 9.59 Å². The molecule has 2 N–H and O–H groups in total. The number of hydrogen-bond acceptors (Lipinski definition) is 4. The fourth-order valence-corrected chi connectivity index (χ4v) is 3.20. The number of carbonyl (C=O) groups excluding carboxylic acids is 2.